The second-order valence-corrected chi connectivity index (χ2v) is 9.69. The summed E-state index contributed by atoms with van der Waals surface area (Å²) in [5.74, 6) is -1.68. The van der Waals surface area contributed by atoms with Gasteiger partial charge in [0.15, 0.2) is 11.6 Å². The summed E-state index contributed by atoms with van der Waals surface area (Å²) < 4.78 is 50.4. The van der Waals surface area contributed by atoms with Gasteiger partial charge in [-0.05, 0) is 84.7 Å². The highest BCUT2D eigenvalue weighted by Gasteiger charge is 2.27. The monoisotopic (exact) mass is 480 g/mol. The van der Waals surface area contributed by atoms with Crippen LogP contribution in [0.2, 0.25) is 0 Å². The van der Waals surface area contributed by atoms with Gasteiger partial charge in [-0.25, -0.2) is 13.2 Å². The fourth-order valence-corrected chi connectivity index (χ4v) is 5.03. The molecule has 1 fully saturated rings. The van der Waals surface area contributed by atoms with E-state index in [1.54, 1.807) is 18.2 Å². The van der Waals surface area contributed by atoms with Crippen molar-refractivity contribution in [3.05, 3.63) is 94.3 Å². The first-order valence-electron chi connectivity index (χ1n) is 13.0. The topological polar surface area (TPSA) is 9.23 Å². The second kappa shape index (κ2) is 11.9. The maximum atomic E-state index is 15.1. The molecule has 0 aromatic heterocycles. The van der Waals surface area contributed by atoms with Crippen molar-refractivity contribution in [2.45, 2.75) is 83.8 Å². The van der Waals surface area contributed by atoms with Crippen molar-refractivity contribution in [2.75, 3.05) is 0 Å². The third-order valence-corrected chi connectivity index (χ3v) is 7.30. The van der Waals surface area contributed by atoms with Crippen LogP contribution in [0.15, 0.2) is 54.6 Å². The molecule has 0 saturated heterocycles. The molecule has 1 aliphatic carbocycles. The van der Waals surface area contributed by atoms with Crippen LogP contribution in [0.3, 0.4) is 0 Å². The van der Waals surface area contributed by atoms with Gasteiger partial charge in [-0.2, -0.15) is 0 Å². The average Bonchev–Trinajstić information content (AvgIpc) is 2.89. The molecular formula is C31H35F3O. The van der Waals surface area contributed by atoms with Gasteiger partial charge in [0.25, 0.3) is 0 Å². The Balaban J connectivity index is 1.33. The predicted octanol–water partition coefficient (Wildman–Crippen LogP) is 8.92. The Hall–Kier alpha value is -2.59. The van der Waals surface area contributed by atoms with Crippen LogP contribution in [-0.2, 0) is 24.2 Å². The zero-order valence-electron chi connectivity index (χ0n) is 20.8. The summed E-state index contributed by atoms with van der Waals surface area (Å²) in [4.78, 5) is 0. The van der Waals surface area contributed by atoms with E-state index in [4.69, 9.17) is 4.74 Å². The molecule has 3 aromatic rings. The van der Waals surface area contributed by atoms with E-state index in [1.165, 1.54) is 5.56 Å². The van der Waals surface area contributed by atoms with Gasteiger partial charge in [0, 0.05) is 5.56 Å². The van der Waals surface area contributed by atoms with Gasteiger partial charge in [0.05, 0.1) is 12.7 Å². The van der Waals surface area contributed by atoms with Crippen LogP contribution < -0.4 is 0 Å². The summed E-state index contributed by atoms with van der Waals surface area (Å²) in [5.41, 5.74) is 4.21. The van der Waals surface area contributed by atoms with E-state index in [2.05, 4.69) is 13.8 Å². The van der Waals surface area contributed by atoms with Gasteiger partial charge >= 0.3 is 0 Å². The van der Waals surface area contributed by atoms with Crippen LogP contribution in [0, 0.1) is 17.5 Å². The summed E-state index contributed by atoms with van der Waals surface area (Å²) >= 11 is 0. The summed E-state index contributed by atoms with van der Waals surface area (Å²) in [5, 5.41) is 0. The molecule has 1 aliphatic rings. The number of rotatable bonds is 9. The summed E-state index contributed by atoms with van der Waals surface area (Å²) in [6.07, 6.45) is 6.80. The molecule has 0 amide bonds. The Morgan fingerprint density at radius 3 is 2.17 bits per heavy atom. The molecule has 1 nitrogen and oxygen atoms in total. The number of unbranched alkanes of at least 4 members (excludes halogenated alkanes) is 1. The van der Waals surface area contributed by atoms with Crippen molar-refractivity contribution < 1.29 is 17.9 Å². The van der Waals surface area contributed by atoms with Crippen molar-refractivity contribution in [1.29, 1.82) is 0 Å². The van der Waals surface area contributed by atoms with Gasteiger partial charge < -0.3 is 4.74 Å². The lowest BCUT2D eigenvalue weighted by molar-refractivity contribution is 0.0130. The number of hydrogen-bond donors (Lipinski definition) is 0. The highest BCUT2D eigenvalue weighted by atomic mass is 19.2. The molecule has 0 spiro atoms. The summed E-state index contributed by atoms with van der Waals surface area (Å²) in [7, 11) is 0. The Bertz CT molecular complexity index is 1110. The lowest BCUT2D eigenvalue weighted by Crippen LogP contribution is -2.21. The Kier molecular flexibility index (Phi) is 8.67. The minimum Gasteiger partial charge on any atom is -0.374 e. The molecule has 4 rings (SSSR count). The van der Waals surface area contributed by atoms with Crippen LogP contribution in [-0.4, -0.2) is 6.10 Å². The first-order valence-corrected chi connectivity index (χ1v) is 13.0. The third-order valence-electron chi connectivity index (χ3n) is 7.30. The maximum Gasteiger partial charge on any atom is 0.166 e. The number of aryl methyl sites for hydroxylation is 2. The van der Waals surface area contributed by atoms with Gasteiger partial charge in [0.1, 0.15) is 5.82 Å². The highest BCUT2D eigenvalue weighted by Crippen LogP contribution is 2.38. The van der Waals surface area contributed by atoms with E-state index >= 15 is 4.39 Å². The molecule has 4 heteroatoms. The molecule has 0 radical (unpaired) electrons. The number of hydrogen-bond acceptors (Lipinski definition) is 1. The summed E-state index contributed by atoms with van der Waals surface area (Å²) in [6, 6.07) is 16.4. The molecule has 0 N–H and O–H groups in total. The first-order chi connectivity index (χ1) is 17.0. The van der Waals surface area contributed by atoms with E-state index in [1.807, 2.05) is 36.4 Å². The van der Waals surface area contributed by atoms with Crippen molar-refractivity contribution in [2.24, 2.45) is 0 Å². The zero-order valence-corrected chi connectivity index (χ0v) is 20.8. The van der Waals surface area contributed by atoms with Crippen LogP contribution in [0.4, 0.5) is 13.2 Å². The Labute approximate surface area is 207 Å². The number of halogens is 3. The van der Waals surface area contributed by atoms with Crippen molar-refractivity contribution in [3.63, 3.8) is 0 Å². The van der Waals surface area contributed by atoms with Gasteiger partial charge in [-0.15, -0.1) is 0 Å². The van der Waals surface area contributed by atoms with Crippen molar-refractivity contribution >= 4 is 0 Å². The van der Waals surface area contributed by atoms with Crippen molar-refractivity contribution in [3.8, 4) is 11.1 Å². The smallest absolute Gasteiger partial charge is 0.166 e. The molecule has 186 valence electrons. The first kappa shape index (κ1) is 25.5. The highest BCUT2D eigenvalue weighted by molar-refractivity contribution is 5.65. The van der Waals surface area contributed by atoms with E-state index in [9.17, 15) is 8.78 Å². The largest absolute Gasteiger partial charge is 0.374 e. The minimum absolute atomic E-state index is 0.0174. The van der Waals surface area contributed by atoms with Crippen LogP contribution >= 0.6 is 0 Å². The van der Waals surface area contributed by atoms with Gasteiger partial charge in [0.2, 0.25) is 0 Å². The predicted molar refractivity (Wildman–Crippen MR) is 136 cm³/mol. The molecule has 1 saturated carbocycles. The van der Waals surface area contributed by atoms with E-state index in [-0.39, 0.29) is 17.8 Å². The normalized spacial score (nSPS) is 18.1. The molecule has 0 atom stereocenters. The molecule has 0 bridgehead atoms. The molecule has 3 aromatic carbocycles. The summed E-state index contributed by atoms with van der Waals surface area (Å²) in [6.45, 7) is 4.53. The quantitative estimate of drug-likeness (QED) is 0.297. The molecular weight excluding hydrogens is 445 g/mol. The lowest BCUT2D eigenvalue weighted by atomic mass is 9.82. The minimum atomic E-state index is -0.769. The Morgan fingerprint density at radius 1 is 0.800 bits per heavy atom. The fraction of sp³-hybridized carbons (Fsp3) is 0.419. The Morgan fingerprint density at radius 2 is 1.51 bits per heavy atom. The van der Waals surface area contributed by atoms with Crippen molar-refractivity contribution in [1.82, 2.24) is 0 Å². The fourth-order valence-electron chi connectivity index (χ4n) is 5.03. The molecule has 0 unspecified atom stereocenters. The number of ether oxygens (including phenoxy) is 1. The third kappa shape index (κ3) is 6.16. The van der Waals surface area contributed by atoms with Crippen LogP contribution in [0.5, 0.6) is 0 Å². The average molecular weight is 481 g/mol. The molecule has 35 heavy (non-hydrogen) atoms. The van der Waals surface area contributed by atoms with Gasteiger partial charge in [-0.3, -0.25) is 0 Å². The zero-order chi connectivity index (χ0) is 24.8. The SMILES string of the molecule is CCCCc1ccc(COC2CCC(c3ccc(-c4ccc(CC)cc4)c(F)c3F)CC2)cc1F. The van der Waals surface area contributed by atoms with Crippen LogP contribution in [0.25, 0.3) is 11.1 Å². The molecule has 0 aliphatic heterocycles. The van der Waals surface area contributed by atoms with Gasteiger partial charge in [-0.1, -0.05) is 68.8 Å². The van der Waals surface area contributed by atoms with E-state index < -0.39 is 11.6 Å². The van der Waals surface area contributed by atoms with E-state index in [0.29, 0.717) is 23.3 Å². The second-order valence-electron chi connectivity index (χ2n) is 9.69. The lowest BCUT2D eigenvalue weighted by Gasteiger charge is -2.29. The maximum absolute atomic E-state index is 15.1. The van der Waals surface area contributed by atoms with Crippen LogP contribution in [0.1, 0.15) is 80.5 Å². The standard InChI is InChI=1S/C31H35F3O/c1-3-5-6-25-12-9-22(19-29(25)32)20-35-26-15-13-24(14-16-26)28-18-17-27(30(33)31(28)34)23-10-7-21(4-2)8-11-23/h7-12,17-19,24,26H,3-6,13-16,20H2,1-2H3. The number of benzene rings is 3. The molecule has 0 heterocycles. The van der Waals surface area contributed by atoms with E-state index in [0.717, 1.165) is 62.5 Å².